The molecule has 0 saturated carbocycles. The Morgan fingerprint density at radius 3 is 2.50 bits per heavy atom. The van der Waals surface area contributed by atoms with Crippen molar-refractivity contribution in [1.82, 2.24) is 5.32 Å². The molecule has 4 heteroatoms. The molecular formula is C14H15Cl2NO. The van der Waals surface area contributed by atoms with Gasteiger partial charge in [-0.15, -0.1) is 0 Å². The van der Waals surface area contributed by atoms with Crippen LogP contribution in [0.3, 0.4) is 0 Å². The van der Waals surface area contributed by atoms with Gasteiger partial charge in [0.1, 0.15) is 0 Å². The summed E-state index contributed by atoms with van der Waals surface area (Å²) in [6.45, 7) is 4.16. The SMILES string of the molecule is CC(NC(C)c1ccc(Cl)cc1Cl)c1ccoc1. The summed E-state index contributed by atoms with van der Waals surface area (Å²) in [5.41, 5.74) is 2.16. The van der Waals surface area contributed by atoms with Crippen molar-refractivity contribution < 1.29 is 4.42 Å². The van der Waals surface area contributed by atoms with Gasteiger partial charge in [-0.3, -0.25) is 0 Å². The molecule has 0 aliphatic heterocycles. The first-order valence-corrected chi connectivity index (χ1v) is 6.56. The summed E-state index contributed by atoms with van der Waals surface area (Å²) in [7, 11) is 0. The molecule has 0 aliphatic rings. The Balaban J connectivity index is 2.10. The van der Waals surface area contributed by atoms with E-state index in [9.17, 15) is 0 Å². The van der Waals surface area contributed by atoms with Gasteiger partial charge in [-0.05, 0) is 37.6 Å². The Hall–Kier alpha value is -0.960. The molecule has 96 valence electrons. The van der Waals surface area contributed by atoms with Gasteiger partial charge in [0.05, 0.1) is 12.5 Å². The summed E-state index contributed by atoms with van der Waals surface area (Å²) in [6.07, 6.45) is 3.42. The van der Waals surface area contributed by atoms with Crippen molar-refractivity contribution in [3.63, 3.8) is 0 Å². The highest BCUT2D eigenvalue weighted by Crippen LogP contribution is 2.27. The van der Waals surface area contributed by atoms with Crippen LogP contribution in [-0.4, -0.2) is 0 Å². The van der Waals surface area contributed by atoms with E-state index in [0.29, 0.717) is 10.0 Å². The van der Waals surface area contributed by atoms with Crippen LogP contribution in [0.1, 0.15) is 37.1 Å². The van der Waals surface area contributed by atoms with Crippen LogP contribution < -0.4 is 5.32 Å². The topological polar surface area (TPSA) is 25.2 Å². The van der Waals surface area contributed by atoms with E-state index >= 15 is 0 Å². The zero-order valence-electron chi connectivity index (χ0n) is 10.3. The third kappa shape index (κ3) is 3.08. The first kappa shape index (κ1) is 13.5. The van der Waals surface area contributed by atoms with Gasteiger partial charge < -0.3 is 9.73 Å². The van der Waals surface area contributed by atoms with Crippen LogP contribution in [0.4, 0.5) is 0 Å². The van der Waals surface area contributed by atoms with E-state index < -0.39 is 0 Å². The van der Waals surface area contributed by atoms with Gasteiger partial charge in [-0.2, -0.15) is 0 Å². The van der Waals surface area contributed by atoms with Gasteiger partial charge >= 0.3 is 0 Å². The van der Waals surface area contributed by atoms with Crippen molar-refractivity contribution in [1.29, 1.82) is 0 Å². The third-order valence-electron chi connectivity index (χ3n) is 2.97. The van der Waals surface area contributed by atoms with E-state index in [1.54, 1.807) is 18.6 Å². The predicted molar refractivity (Wildman–Crippen MR) is 75.1 cm³/mol. The minimum absolute atomic E-state index is 0.139. The number of hydrogen-bond acceptors (Lipinski definition) is 2. The maximum Gasteiger partial charge on any atom is 0.0950 e. The fourth-order valence-electron chi connectivity index (χ4n) is 1.94. The van der Waals surface area contributed by atoms with Gasteiger partial charge in [0.15, 0.2) is 0 Å². The Kier molecular flexibility index (Phi) is 4.33. The first-order chi connectivity index (χ1) is 8.58. The highest BCUT2D eigenvalue weighted by Gasteiger charge is 2.14. The smallest absolute Gasteiger partial charge is 0.0950 e. The van der Waals surface area contributed by atoms with Crippen molar-refractivity contribution in [2.45, 2.75) is 25.9 Å². The van der Waals surface area contributed by atoms with E-state index in [4.69, 9.17) is 27.6 Å². The van der Waals surface area contributed by atoms with Crippen molar-refractivity contribution in [3.05, 3.63) is 58.0 Å². The molecule has 1 heterocycles. The van der Waals surface area contributed by atoms with Crippen molar-refractivity contribution in [3.8, 4) is 0 Å². The fraction of sp³-hybridized carbons (Fsp3) is 0.286. The summed E-state index contributed by atoms with van der Waals surface area (Å²) in [6, 6.07) is 7.85. The summed E-state index contributed by atoms with van der Waals surface area (Å²) < 4.78 is 5.08. The molecule has 0 amide bonds. The second kappa shape index (κ2) is 5.79. The molecule has 0 radical (unpaired) electrons. The van der Waals surface area contributed by atoms with Gasteiger partial charge in [0.25, 0.3) is 0 Å². The molecule has 0 fully saturated rings. The van der Waals surface area contributed by atoms with E-state index in [2.05, 4.69) is 19.2 Å². The lowest BCUT2D eigenvalue weighted by Gasteiger charge is -2.20. The van der Waals surface area contributed by atoms with E-state index in [1.807, 2.05) is 18.2 Å². The van der Waals surface area contributed by atoms with Crippen LogP contribution in [0.15, 0.2) is 41.2 Å². The van der Waals surface area contributed by atoms with Gasteiger partial charge in [-0.25, -0.2) is 0 Å². The lowest BCUT2D eigenvalue weighted by atomic mass is 10.1. The number of nitrogens with one attached hydrogen (secondary N) is 1. The number of furan rings is 1. The number of halogens is 2. The molecule has 2 nitrogen and oxygen atoms in total. The molecule has 0 aliphatic carbocycles. The highest BCUT2D eigenvalue weighted by atomic mass is 35.5. The molecule has 1 aromatic heterocycles. The van der Waals surface area contributed by atoms with Crippen LogP contribution in [0.5, 0.6) is 0 Å². The lowest BCUT2D eigenvalue weighted by molar-refractivity contribution is 0.486. The molecule has 2 unspecified atom stereocenters. The van der Waals surface area contributed by atoms with E-state index in [1.165, 1.54) is 0 Å². The predicted octanol–water partition coefficient (Wildman–Crippen LogP) is 5.00. The van der Waals surface area contributed by atoms with Crippen molar-refractivity contribution in [2.24, 2.45) is 0 Å². The number of benzene rings is 1. The largest absolute Gasteiger partial charge is 0.472 e. The zero-order valence-corrected chi connectivity index (χ0v) is 11.8. The summed E-state index contributed by atoms with van der Waals surface area (Å²) >= 11 is 12.1. The molecule has 1 aromatic carbocycles. The summed E-state index contributed by atoms with van der Waals surface area (Å²) in [4.78, 5) is 0. The number of hydrogen-bond donors (Lipinski definition) is 1. The van der Waals surface area contributed by atoms with Crippen LogP contribution in [0.25, 0.3) is 0 Å². The average Bonchev–Trinajstić information content (AvgIpc) is 2.81. The fourth-order valence-corrected chi connectivity index (χ4v) is 2.51. The average molecular weight is 284 g/mol. The molecular weight excluding hydrogens is 269 g/mol. The quantitative estimate of drug-likeness (QED) is 0.854. The van der Waals surface area contributed by atoms with Gasteiger partial charge in [0.2, 0.25) is 0 Å². The van der Waals surface area contributed by atoms with Gasteiger partial charge in [0, 0.05) is 27.7 Å². The van der Waals surface area contributed by atoms with Gasteiger partial charge in [-0.1, -0.05) is 29.3 Å². The standard InChI is InChI=1S/C14H15Cl2NO/c1-9(11-5-6-18-8-11)17-10(2)13-4-3-12(15)7-14(13)16/h3-10,17H,1-2H3. The molecule has 1 N–H and O–H groups in total. The second-order valence-corrected chi connectivity index (χ2v) is 5.18. The van der Waals surface area contributed by atoms with Crippen molar-refractivity contribution in [2.75, 3.05) is 0 Å². The minimum atomic E-state index is 0.139. The Morgan fingerprint density at radius 2 is 1.89 bits per heavy atom. The maximum atomic E-state index is 6.19. The van der Waals surface area contributed by atoms with Crippen LogP contribution in [0, 0.1) is 0 Å². The van der Waals surface area contributed by atoms with Crippen molar-refractivity contribution >= 4 is 23.2 Å². The monoisotopic (exact) mass is 283 g/mol. The Bertz CT molecular complexity index is 511. The Morgan fingerprint density at radius 1 is 1.11 bits per heavy atom. The summed E-state index contributed by atoms with van der Waals surface area (Å²) in [5.74, 6) is 0. The Labute approximate surface area is 117 Å². The molecule has 18 heavy (non-hydrogen) atoms. The van der Waals surface area contributed by atoms with Crippen LogP contribution >= 0.6 is 23.2 Å². The van der Waals surface area contributed by atoms with E-state index in [0.717, 1.165) is 11.1 Å². The molecule has 2 atom stereocenters. The zero-order chi connectivity index (χ0) is 13.1. The third-order valence-corrected chi connectivity index (χ3v) is 3.53. The molecule has 0 saturated heterocycles. The van der Waals surface area contributed by atoms with Crippen LogP contribution in [-0.2, 0) is 0 Å². The molecule has 0 spiro atoms. The normalized spacial score (nSPS) is 14.4. The second-order valence-electron chi connectivity index (χ2n) is 4.33. The first-order valence-electron chi connectivity index (χ1n) is 5.81. The molecule has 0 bridgehead atoms. The maximum absolute atomic E-state index is 6.19. The molecule has 2 aromatic rings. The highest BCUT2D eigenvalue weighted by molar-refractivity contribution is 6.35. The minimum Gasteiger partial charge on any atom is -0.472 e. The van der Waals surface area contributed by atoms with E-state index in [-0.39, 0.29) is 12.1 Å². The molecule has 2 rings (SSSR count). The number of rotatable bonds is 4. The summed E-state index contributed by atoms with van der Waals surface area (Å²) in [5, 5.41) is 4.81. The van der Waals surface area contributed by atoms with Crippen LogP contribution in [0.2, 0.25) is 10.0 Å². The lowest BCUT2D eigenvalue weighted by Crippen LogP contribution is -2.22.